The summed E-state index contributed by atoms with van der Waals surface area (Å²) in [5.41, 5.74) is 2.23. The van der Waals surface area contributed by atoms with Crippen molar-refractivity contribution in [2.75, 3.05) is 12.4 Å². The van der Waals surface area contributed by atoms with Crippen LogP contribution < -0.4 is 10.3 Å². The number of para-hydroxylation sites is 1. The van der Waals surface area contributed by atoms with E-state index in [0.717, 1.165) is 16.9 Å². The predicted octanol–water partition coefficient (Wildman–Crippen LogP) is 4.22. The highest BCUT2D eigenvalue weighted by Crippen LogP contribution is 2.23. The zero-order valence-electron chi connectivity index (χ0n) is 15.1. The molecule has 0 aliphatic rings. The lowest BCUT2D eigenvalue weighted by atomic mass is 10.2. The largest absolute Gasteiger partial charge is 0.492 e. The molecule has 0 radical (unpaired) electrons. The summed E-state index contributed by atoms with van der Waals surface area (Å²) in [5, 5.41) is 4.02. The molecule has 4 aromatic rings. The molecule has 0 unspecified atom stereocenters. The molecule has 2 heterocycles. The van der Waals surface area contributed by atoms with Crippen molar-refractivity contribution >= 4 is 29.0 Å². The van der Waals surface area contributed by atoms with Gasteiger partial charge in [-0.25, -0.2) is 14.5 Å². The zero-order valence-corrected chi connectivity index (χ0v) is 16.6. The van der Waals surface area contributed by atoms with E-state index < -0.39 is 0 Å². The molecule has 0 aliphatic carbocycles. The Labute approximate surface area is 170 Å². The number of aromatic amines is 1. The molecule has 0 bridgehead atoms. The molecule has 2 aromatic carbocycles. The Morgan fingerprint density at radius 2 is 1.93 bits per heavy atom. The van der Waals surface area contributed by atoms with Crippen LogP contribution in [0, 0.1) is 6.92 Å². The molecule has 0 saturated carbocycles. The molecule has 0 atom stereocenters. The number of aryl methyl sites for hydroxylation is 1. The van der Waals surface area contributed by atoms with Crippen molar-refractivity contribution in [3.63, 3.8) is 0 Å². The van der Waals surface area contributed by atoms with Gasteiger partial charge in [0.2, 0.25) is 0 Å². The smallest absolute Gasteiger partial charge is 0.266 e. The maximum absolute atomic E-state index is 11.8. The van der Waals surface area contributed by atoms with Crippen LogP contribution in [0.1, 0.15) is 5.56 Å². The van der Waals surface area contributed by atoms with Gasteiger partial charge in [0.15, 0.2) is 16.6 Å². The van der Waals surface area contributed by atoms with E-state index in [4.69, 9.17) is 16.3 Å². The van der Waals surface area contributed by atoms with E-state index in [1.54, 1.807) is 16.6 Å². The Morgan fingerprint density at radius 3 is 2.71 bits per heavy atom. The number of hydrogen-bond acceptors (Lipinski definition) is 5. The lowest BCUT2D eigenvalue weighted by molar-refractivity contribution is 0.341. The van der Waals surface area contributed by atoms with E-state index in [-0.39, 0.29) is 5.56 Å². The van der Waals surface area contributed by atoms with Gasteiger partial charge >= 0.3 is 0 Å². The lowest BCUT2D eigenvalue weighted by Crippen LogP contribution is -2.07. The summed E-state index contributed by atoms with van der Waals surface area (Å²) < 4.78 is 7.44. The molecule has 142 valence electrons. The van der Waals surface area contributed by atoms with Crippen LogP contribution in [0.15, 0.2) is 64.5 Å². The SMILES string of the molecule is Cc1ccccc1OCCSc1nc(-c2ccc(Cl)cc2)nc2cc(=O)[nH]n12. The predicted molar refractivity (Wildman–Crippen MR) is 111 cm³/mol. The van der Waals surface area contributed by atoms with Gasteiger partial charge in [0.05, 0.1) is 6.61 Å². The number of nitrogens with one attached hydrogen (secondary N) is 1. The molecule has 0 amide bonds. The maximum atomic E-state index is 11.8. The van der Waals surface area contributed by atoms with Gasteiger partial charge in [-0.15, -0.1) is 0 Å². The van der Waals surface area contributed by atoms with Crippen molar-refractivity contribution in [3.05, 3.63) is 75.5 Å². The van der Waals surface area contributed by atoms with Crippen molar-refractivity contribution in [2.24, 2.45) is 0 Å². The molecule has 0 spiro atoms. The van der Waals surface area contributed by atoms with Crippen molar-refractivity contribution < 1.29 is 4.74 Å². The summed E-state index contributed by atoms with van der Waals surface area (Å²) in [4.78, 5) is 20.9. The Bertz CT molecular complexity index is 1170. The highest BCUT2D eigenvalue weighted by atomic mass is 35.5. The second-order valence-corrected chi connectivity index (χ2v) is 7.61. The molecule has 6 nitrogen and oxygen atoms in total. The summed E-state index contributed by atoms with van der Waals surface area (Å²) in [6.45, 7) is 2.53. The Morgan fingerprint density at radius 1 is 1.14 bits per heavy atom. The van der Waals surface area contributed by atoms with Crippen LogP contribution in [0.3, 0.4) is 0 Å². The highest BCUT2D eigenvalue weighted by Gasteiger charge is 2.11. The summed E-state index contributed by atoms with van der Waals surface area (Å²) in [6, 6.07) is 16.6. The number of hydrogen-bond donors (Lipinski definition) is 1. The number of H-pyrrole nitrogens is 1. The quantitative estimate of drug-likeness (QED) is 0.379. The molecule has 2 aromatic heterocycles. The number of rotatable bonds is 6. The first kappa shape index (κ1) is 18.6. The average Bonchev–Trinajstić information content (AvgIpc) is 3.07. The van der Waals surface area contributed by atoms with Crippen LogP contribution in [-0.2, 0) is 0 Å². The first-order valence-electron chi connectivity index (χ1n) is 8.67. The normalized spacial score (nSPS) is 11.1. The number of thioether (sulfide) groups is 1. The standard InChI is InChI=1S/C20H17ClN4O2S/c1-13-4-2-3-5-16(13)27-10-11-28-20-23-19(14-6-8-15(21)9-7-14)22-17-12-18(26)24-25(17)20/h2-9,12H,10-11H2,1H3,(H,24,26). The Hall–Kier alpha value is -2.77. The van der Waals surface area contributed by atoms with Gasteiger partial charge < -0.3 is 4.74 Å². The van der Waals surface area contributed by atoms with Gasteiger partial charge in [-0.2, -0.15) is 0 Å². The maximum Gasteiger partial charge on any atom is 0.266 e. The number of aromatic nitrogens is 4. The number of benzene rings is 2. The van der Waals surface area contributed by atoms with E-state index in [1.165, 1.54) is 17.8 Å². The van der Waals surface area contributed by atoms with Crippen LogP contribution in [-0.4, -0.2) is 31.9 Å². The van der Waals surface area contributed by atoms with Crippen molar-refractivity contribution in [1.29, 1.82) is 0 Å². The van der Waals surface area contributed by atoms with E-state index in [2.05, 4.69) is 15.1 Å². The van der Waals surface area contributed by atoms with Crippen molar-refractivity contribution in [3.8, 4) is 17.1 Å². The fraction of sp³-hybridized carbons (Fsp3) is 0.150. The average molecular weight is 413 g/mol. The Kier molecular flexibility index (Phi) is 5.36. The van der Waals surface area contributed by atoms with E-state index in [1.807, 2.05) is 43.3 Å². The first-order valence-corrected chi connectivity index (χ1v) is 10.0. The molecule has 0 fully saturated rings. The van der Waals surface area contributed by atoms with E-state index >= 15 is 0 Å². The third kappa shape index (κ3) is 4.05. The zero-order chi connectivity index (χ0) is 19.5. The van der Waals surface area contributed by atoms with Gasteiger partial charge in [0, 0.05) is 22.4 Å². The van der Waals surface area contributed by atoms with Gasteiger partial charge in [0.25, 0.3) is 5.56 Å². The molecule has 0 aliphatic heterocycles. The van der Waals surface area contributed by atoms with Crippen LogP contribution in [0.2, 0.25) is 5.02 Å². The molecule has 28 heavy (non-hydrogen) atoms. The highest BCUT2D eigenvalue weighted by molar-refractivity contribution is 7.99. The molecule has 8 heteroatoms. The molecule has 4 rings (SSSR count). The van der Waals surface area contributed by atoms with Gasteiger partial charge in [0.1, 0.15) is 5.75 Å². The first-order chi connectivity index (χ1) is 13.6. The summed E-state index contributed by atoms with van der Waals surface area (Å²) >= 11 is 7.46. The molecule has 0 saturated heterocycles. The minimum atomic E-state index is -0.222. The third-order valence-corrected chi connectivity index (χ3v) is 5.25. The minimum Gasteiger partial charge on any atom is -0.492 e. The fourth-order valence-corrected chi connectivity index (χ4v) is 3.61. The fourth-order valence-electron chi connectivity index (χ4n) is 2.71. The van der Waals surface area contributed by atoms with Gasteiger partial charge in [-0.05, 0) is 42.8 Å². The van der Waals surface area contributed by atoms with Gasteiger partial charge in [-0.3, -0.25) is 9.89 Å². The topological polar surface area (TPSA) is 72.3 Å². The number of ether oxygens (including phenoxy) is 1. The second kappa shape index (κ2) is 8.08. The lowest BCUT2D eigenvalue weighted by Gasteiger charge is -2.10. The second-order valence-electron chi connectivity index (χ2n) is 6.11. The van der Waals surface area contributed by atoms with Gasteiger partial charge in [-0.1, -0.05) is 41.6 Å². The van der Waals surface area contributed by atoms with Crippen LogP contribution in [0.25, 0.3) is 17.0 Å². The molecular formula is C20H17ClN4O2S. The minimum absolute atomic E-state index is 0.222. The number of nitrogens with zero attached hydrogens (tertiary/aromatic N) is 3. The van der Waals surface area contributed by atoms with Crippen LogP contribution in [0.5, 0.6) is 5.75 Å². The summed E-state index contributed by atoms with van der Waals surface area (Å²) in [5.74, 6) is 2.07. The monoisotopic (exact) mass is 412 g/mol. The molecular weight excluding hydrogens is 396 g/mol. The third-order valence-electron chi connectivity index (χ3n) is 4.09. The summed E-state index contributed by atoms with van der Waals surface area (Å²) in [7, 11) is 0. The number of fused-ring (bicyclic) bond motifs is 1. The van der Waals surface area contributed by atoms with E-state index in [0.29, 0.717) is 34.0 Å². The Balaban J connectivity index is 1.56. The van der Waals surface area contributed by atoms with E-state index in [9.17, 15) is 4.79 Å². The van der Waals surface area contributed by atoms with Crippen LogP contribution in [0.4, 0.5) is 0 Å². The summed E-state index contributed by atoms with van der Waals surface area (Å²) in [6.07, 6.45) is 0. The van der Waals surface area contributed by atoms with Crippen molar-refractivity contribution in [1.82, 2.24) is 19.6 Å². The number of halogens is 1. The molecule has 1 N–H and O–H groups in total. The van der Waals surface area contributed by atoms with Crippen molar-refractivity contribution in [2.45, 2.75) is 12.1 Å². The van der Waals surface area contributed by atoms with Crippen LogP contribution >= 0.6 is 23.4 Å².